The maximum absolute atomic E-state index is 14.2. The Hall–Kier alpha value is -2.70. The fourth-order valence-electron chi connectivity index (χ4n) is 3.54. The average Bonchev–Trinajstić information content (AvgIpc) is 2.64. The van der Waals surface area contributed by atoms with Crippen molar-refractivity contribution in [2.75, 3.05) is 31.1 Å². The SMILES string of the molecule is Cc1nc(C)c(Cc2ccccc2F)c(N2CCN(C(=O)NC(C)(C)C)CC2)n1. The summed E-state index contributed by atoms with van der Waals surface area (Å²) in [6, 6.07) is 6.77. The molecule has 7 heteroatoms. The van der Waals surface area contributed by atoms with Gasteiger partial charge in [0.2, 0.25) is 0 Å². The van der Waals surface area contributed by atoms with E-state index in [-0.39, 0.29) is 17.4 Å². The van der Waals surface area contributed by atoms with E-state index in [1.807, 2.05) is 45.6 Å². The van der Waals surface area contributed by atoms with Crippen LogP contribution in [-0.4, -0.2) is 52.6 Å². The van der Waals surface area contributed by atoms with E-state index in [1.165, 1.54) is 6.07 Å². The molecule has 0 radical (unpaired) electrons. The number of piperazine rings is 1. The number of carbonyl (C=O) groups excluding carboxylic acids is 1. The predicted octanol–water partition coefficient (Wildman–Crippen LogP) is 3.45. The predicted molar refractivity (Wildman–Crippen MR) is 113 cm³/mol. The van der Waals surface area contributed by atoms with Gasteiger partial charge in [-0.25, -0.2) is 19.2 Å². The molecule has 1 fully saturated rings. The van der Waals surface area contributed by atoms with Gasteiger partial charge in [-0.15, -0.1) is 0 Å². The Morgan fingerprint density at radius 2 is 1.76 bits per heavy atom. The normalized spacial score (nSPS) is 14.8. The topological polar surface area (TPSA) is 61.4 Å². The molecule has 0 aliphatic carbocycles. The zero-order valence-electron chi connectivity index (χ0n) is 17.9. The molecule has 156 valence electrons. The highest BCUT2D eigenvalue weighted by molar-refractivity contribution is 5.75. The van der Waals surface area contributed by atoms with Crippen LogP contribution in [0, 0.1) is 19.7 Å². The summed E-state index contributed by atoms with van der Waals surface area (Å²) in [5.41, 5.74) is 2.17. The maximum atomic E-state index is 14.2. The van der Waals surface area contributed by atoms with Crippen molar-refractivity contribution in [2.24, 2.45) is 0 Å². The highest BCUT2D eigenvalue weighted by Gasteiger charge is 2.26. The minimum absolute atomic E-state index is 0.0428. The van der Waals surface area contributed by atoms with Gasteiger partial charge in [0.25, 0.3) is 0 Å². The second-order valence-corrected chi connectivity index (χ2v) is 8.58. The molecule has 0 atom stereocenters. The van der Waals surface area contributed by atoms with E-state index >= 15 is 0 Å². The first-order chi connectivity index (χ1) is 13.6. The van der Waals surface area contributed by atoms with Crippen LogP contribution in [-0.2, 0) is 6.42 Å². The molecule has 29 heavy (non-hydrogen) atoms. The lowest BCUT2D eigenvalue weighted by Crippen LogP contribution is -2.55. The number of hydrogen-bond acceptors (Lipinski definition) is 4. The van der Waals surface area contributed by atoms with Gasteiger partial charge in [-0.05, 0) is 46.2 Å². The van der Waals surface area contributed by atoms with E-state index in [2.05, 4.69) is 20.2 Å². The third-order valence-electron chi connectivity index (χ3n) is 4.98. The third-order valence-corrected chi connectivity index (χ3v) is 4.98. The van der Waals surface area contributed by atoms with E-state index in [0.717, 1.165) is 17.1 Å². The fourth-order valence-corrected chi connectivity index (χ4v) is 3.54. The number of carbonyl (C=O) groups is 1. The summed E-state index contributed by atoms with van der Waals surface area (Å²) in [6.07, 6.45) is 0.443. The lowest BCUT2D eigenvalue weighted by Gasteiger charge is -2.37. The number of nitrogens with one attached hydrogen (secondary N) is 1. The number of benzene rings is 1. The fraction of sp³-hybridized carbons (Fsp3) is 0.500. The van der Waals surface area contributed by atoms with Gasteiger partial charge in [0, 0.05) is 49.4 Å². The van der Waals surface area contributed by atoms with Gasteiger partial charge in [0.1, 0.15) is 17.5 Å². The van der Waals surface area contributed by atoms with Crippen molar-refractivity contribution in [3.8, 4) is 0 Å². The maximum Gasteiger partial charge on any atom is 0.317 e. The minimum atomic E-state index is -0.262. The molecule has 1 N–H and O–H groups in total. The van der Waals surface area contributed by atoms with Crippen LogP contribution < -0.4 is 10.2 Å². The van der Waals surface area contributed by atoms with Gasteiger partial charge < -0.3 is 15.1 Å². The number of aryl methyl sites for hydroxylation is 2. The van der Waals surface area contributed by atoms with E-state index in [0.29, 0.717) is 44.0 Å². The molecule has 1 saturated heterocycles. The Balaban J connectivity index is 1.79. The number of aromatic nitrogens is 2. The molecule has 1 aliphatic heterocycles. The van der Waals surface area contributed by atoms with Crippen molar-refractivity contribution in [1.82, 2.24) is 20.2 Å². The second-order valence-electron chi connectivity index (χ2n) is 8.58. The first-order valence-electron chi connectivity index (χ1n) is 10.0. The zero-order chi connectivity index (χ0) is 21.2. The van der Waals surface area contributed by atoms with Crippen molar-refractivity contribution in [3.63, 3.8) is 0 Å². The van der Waals surface area contributed by atoms with E-state index in [4.69, 9.17) is 0 Å². The summed E-state index contributed by atoms with van der Waals surface area (Å²) >= 11 is 0. The molecule has 2 amide bonds. The van der Waals surface area contributed by atoms with Crippen LogP contribution in [0.15, 0.2) is 24.3 Å². The third kappa shape index (κ3) is 5.22. The molecule has 3 rings (SSSR count). The average molecular weight is 400 g/mol. The quantitative estimate of drug-likeness (QED) is 0.859. The van der Waals surface area contributed by atoms with Crippen LogP contribution in [0.5, 0.6) is 0 Å². The standard InChI is InChI=1S/C22H30FN5O/c1-15-18(14-17-8-6-7-9-19(17)23)20(25-16(2)24-15)27-10-12-28(13-11-27)21(29)26-22(3,4)5/h6-9H,10-14H2,1-5H3,(H,26,29). The second kappa shape index (κ2) is 8.35. The summed E-state index contributed by atoms with van der Waals surface area (Å²) in [5, 5.41) is 3.01. The minimum Gasteiger partial charge on any atom is -0.353 e. The Morgan fingerprint density at radius 1 is 1.10 bits per heavy atom. The number of halogens is 1. The van der Waals surface area contributed by atoms with E-state index in [1.54, 1.807) is 12.1 Å². The molecular formula is C22H30FN5O. The van der Waals surface area contributed by atoms with Crippen LogP contribution in [0.3, 0.4) is 0 Å². The number of hydrogen-bond donors (Lipinski definition) is 1. The number of rotatable bonds is 3. The monoisotopic (exact) mass is 399 g/mol. The first kappa shape index (κ1) is 21.0. The lowest BCUT2D eigenvalue weighted by molar-refractivity contribution is 0.185. The van der Waals surface area contributed by atoms with Crippen LogP contribution >= 0.6 is 0 Å². The van der Waals surface area contributed by atoms with Gasteiger partial charge in [-0.2, -0.15) is 0 Å². The Morgan fingerprint density at radius 3 is 2.38 bits per heavy atom. The van der Waals surface area contributed by atoms with E-state index < -0.39 is 0 Å². The van der Waals surface area contributed by atoms with E-state index in [9.17, 15) is 9.18 Å². The number of anilines is 1. The van der Waals surface area contributed by atoms with Crippen molar-refractivity contribution in [3.05, 3.63) is 52.7 Å². The van der Waals surface area contributed by atoms with Gasteiger partial charge in [-0.3, -0.25) is 0 Å². The molecule has 1 aromatic heterocycles. The summed E-state index contributed by atoms with van der Waals surface area (Å²) in [7, 11) is 0. The van der Waals surface area contributed by atoms with Crippen LogP contribution in [0.25, 0.3) is 0 Å². The molecule has 2 heterocycles. The lowest BCUT2D eigenvalue weighted by atomic mass is 10.0. The Bertz CT molecular complexity index is 885. The zero-order valence-corrected chi connectivity index (χ0v) is 17.9. The number of nitrogens with zero attached hydrogens (tertiary/aromatic N) is 4. The highest BCUT2D eigenvalue weighted by atomic mass is 19.1. The summed E-state index contributed by atoms with van der Waals surface area (Å²) in [6.45, 7) is 12.3. The Kier molecular flexibility index (Phi) is 6.05. The molecule has 0 saturated carbocycles. The summed E-state index contributed by atoms with van der Waals surface area (Å²) < 4.78 is 14.2. The van der Waals surface area contributed by atoms with Crippen LogP contribution in [0.2, 0.25) is 0 Å². The van der Waals surface area contributed by atoms with Gasteiger partial charge >= 0.3 is 6.03 Å². The Labute approximate surface area is 172 Å². The molecule has 0 unspecified atom stereocenters. The molecule has 2 aromatic rings. The van der Waals surface area contributed by atoms with Crippen molar-refractivity contribution < 1.29 is 9.18 Å². The molecular weight excluding hydrogens is 369 g/mol. The molecule has 1 aromatic carbocycles. The number of amides is 2. The first-order valence-corrected chi connectivity index (χ1v) is 10.0. The number of urea groups is 1. The summed E-state index contributed by atoms with van der Waals surface area (Å²) in [5.74, 6) is 1.32. The molecule has 0 spiro atoms. The molecule has 0 bridgehead atoms. The van der Waals surface area contributed by atoms with Crippen molar-refractivity contribution >= 4 is 11.8 Å². The van der Waals surface area contributed by atoms with Crippen LogP contribution in [0.4, 0.5) is 15.0 Å². The van der Waals surface area contributed by atoms with Gasteiger partial charge in [0.15, 0.2) is 0 Å². The van der Waals surface area contributed by atoms with Crippen molar-refractivity contribution in [2.45, 2.75) is 46.6 Å². The molecule has 1 aliphatic rings. The van der Waals surface area contributed by atoms with Crippen molar-refractivity contribution in [1.29, 1.82) is 0 Å². The summed E-state index contributed by atoms with van der Waals surface area (Å²) in [4.78, 5) is 25.6. The van der Waals surface area contributed by atoms with Crippen LogP contribution in [0.1, 0.15) is 43.4 Å². The molecule has 6 nitrogen and oxygen atoms in total. The smallest absolute Gasteiger partial charge is 0.317 e. The van der Waals surface area contributed by atoms with Gasteiger partial charge in [-0.1, -0.05) is 18.2 Å². The largest absolute Gasteiger partial charge is 0.353 e. The van der Waals surface area contributed by atoms with Gasteiger partial charge in [0.05, 0.1) is 0 Å². The highest BCUT2D eigenvalue weighted by Crippen LogP contribution is 2.26.